The summed E-state index contributed by atoms with van der Waals surface area (Å²) >= 11 is 5.30. The normalized spacial score (nSPS) is 13.1. The molecule has 0 radical (unpaired) electrons. The molecule has 1 aliphatic rings. The molecule has 0 fully saturated rings. The molecular weight excluding hydrogens is 416 g/mol. The highest BCUT2D eigenvalue weighted by Gasteiger charge is 2.17. The third-order valence-electron chi connectivity index (χ3n) is 3.83. The van der Waals surface area contributed by atoms with Crippen LogP contribution in [0.3, 0.4) is 0 Å². The Bertz CT molecular complexity index is 779. The SMILES string of the molecule is CCNC(=NCc1cc(Br)c2c(c1)OCO2)NCCc1ncc(CC)s1. The van der Waals surface area contributed by atoms with E-state index in [1.807, 2.05) is 18.3 Å². The molecule has 0 spiro atoms. The van der Waals surface area contributed by atoms with Crippen molar-refractivity contribution in [3.8, 4) is 11.5 Å². The van der Waals surface area contributed by atoms with E-state index < -0.39 is 0 Å². The monoisotopic (exact) mass is 438 g/mol. The second-order valence-corrected chi connectivity index (χ2v) is 7.81. The average molecular weight is 439 g/mol. The summed E-state index contributed by atoms with van der Waals surface area (Å²) in [6.07, 6.45) is 3.90. The predicted molar refractivity (Wildman–Crippen MR) is 108 cm³/mol. The van der Waals surface area contributed by atoms with E-state index in [9.17, 15) is 0 Å². The first-order valence-corrected chi connectivity index (χ1v) is 10.3. The Morgan fingerprint density at radius 1 is 1.31 bits per heavy atom. The minimum absolute atomic E-state index is 0.265. The van der Waals surface area contributed by atoms with Crippen LogP contribution >= 0.6 is 27.3 Å². The molecule has 6 nitrogen and oxygen atoms in total. The van der Waals surface area contributed by atoms with Crippen LogP contribution in [0.15, 0.2) is 27.8 Å². The number of halogens is 1. The van der Waals surface area contributed by atoms with Crippen LogP contribution in [0, 0.1) is 0 Å². The largest absolute Gasteiger partial charge is 0.454 e. The van der Waals surface area contributed by atoms with Crippen molar-refractivity contribution in [2.75, 3.05) is 19.9 Å². The van der Waals surface area contributed by atoms with Crippen molar-refractivity contribution in [3.63, 3.8) is 0 Å². The highest BCUT2D eigenvalue weighted by atomic mass is 79.9. The number of hydrogen-bond donors (Lipinski definition) is 2. The molecule has 0 aliphatic carbocycles. The minimum Gasteiger partial charge on any atom is -0.454 e. The van der Waals surface area contributed by atoms with Gasteiger partial charge >= 0.3 is 0 Å². The third kappa shape index (κ3) is 4.88. The summed E-state index contributed by atoms with van der Waals surface area (Å²) in [5.41, 5.74) is 1.06. The van der Waals surface area contributed by atoms with Crippen molar-refractivity contribution in [2.45, 2.75) is 33.2 Å². The fourth-order valence-electron chi connectivity index (χ4n) is 2.54. The van der Waals surface area contributed by atoms with E-state index >= 15 is 0 Å². The summed E-state index contributed by atoms with van der Waals surface area (Å²) in [5.74, 6) is 2.32. The maximum atomic E-state index is 5.46. The van der Waals surface area contributed by atoms with E-state index in [0.717, 1.165) is 58.4 Å². The summed E-state index contributed by atoms with van der Waals surface area (Å²) in [7, 11) is 0. The van der Waals surface area contributed by atoms with E-state index in [1.54, 1.807) is 11.3 Å². The van der Waals surface area contributed by atoms with Crippen LogP contribution in [0.5, 0.6) is 11.5 Å². The number of fused-ring (bicyclic) bond motifs is 1. The van der Waals surface area contributed by atoms with Crippen LogP contribution in [0.4, 0.5) is 0 Å². The van der Waals surface area contributed by atoms with Crippen molar-refractivity contribution in [2.24, 2.45) is 4.99 Å². The van der Waals surface area contributed by atoms with Crippen molar-refractivity contribution in [3.05, 3.63) is 38.3 Å². The van der Waals surface area contributed by atoms with Gasteiger partial charge in [-0.3, -0.25) is 0 Å². The summed E-state index contributed by atoms with van der Waals surface area (Å²) in [4.78, 5) is 10.4. The average Bonchev–Trinajstić information content (AvgIpc) is 3.29. The van der Waals surface area contributed by atoms with Gasteiger partial charge in [-0.15, -0.1) is 11.3 Å². The predicted octanol–water partition coefficient (Wildman–Crippen LogP) is 3.49. The quantitative estimate of drug-likeness (QED) is 0.511. The van der Waals surface area contributed by atoms with Crippen LogP contribution in [0.25, 0.3) is 0 Å². The Morgan fingerprint density at radius 3 is 2.96 bits per heavy atom. The lowest BCUT2D eigenvalue weighted by Gasteiger charge is -2.11. The molecule has 0 unspecified atom stereocenters. The second-order valence-electron chi connectivity index (χ2n) is 5.76. The zero-order chi connectivity index (χ0) is 18.4. The van der Waals surface area contributed by atoms with Gasteiger partial charge in [0, 0.05) is 30.6 Å². The van der Waals surface area contributed by atoms with E-state index in [-0.39, 0.29) is 6.79 Å². The minimum atomic E-state index is 0.265. The zero-order valence-electron chi connectivity index (χ0n) is 15.0. The van der Waals surface area contributed by atoms with Crippen LogP contribution < -0.4 is 20.1 Å². The smallest absolute Gasteiger partial charge is 0.231 e. The second kappa shape index (κ2) is 9.23. The molecule has 1 aromatic carbocycles. The number of ether oxygens (including phenoxy) is 2. The van der Waals surface area contributed by atoms with Gasteiger partial charge in [0.05, 0.1) is 16.0 Å². The van der Waals surface area contributed by atoms with Crippen LogP contribution in [0.2, 0.25) is 0 Å². The number of nitrogens with one attached hydrogen (secondary N) is 2. The van der Waals surface area contributed by atoms with Gasteiger partial charge in [0.1, 0.15) is 0 Å². The summed E-state index contributed by atoms with van der Waals surface area (Å²) in [5, 5.41) is 7.81. The van der Waals surface area contributed by atoms with Gasteiger partial charge in [-0.1, -0.05) is 6.92 Å². The van der Waals surface area contributed by atoms with E-state index in [2.05, 4.69) is 50.4 Å². The van der Waals surface area contributed by atoms with Gasteiger partial charge in [-0.25, -0.2) is 9.98 Å². The fraction of sp³-hybridized carbons (Fsp3) is 0.444. The number of guanidine groups is 1. The number of rotatable bonds is 7. The molecule has 1 aromatic heterocycles. The van der Waals surface area contributed by atoms with Crippen molar-refractivity contribution < 1.29 is 9.47 Å². The molecule has 3 rings (SSSR count). The molecule has 26 heavy (non-hydrogen) atoms. The molecule has 2 aromatic rings. The molecule has 140 valence electrons. The maximum absolute atomic E-state index is 5.46. The first kappa shape index (κ1) is 19.0. The van der Waals surface area contributed by atoms with Gasteiger partial charge in [-0.2, -0.15) is 0 Å². The van der Waals surface area contributed by atoms with Gasteiger partial charge in [-0.05, 0) is 47.0 Å². The molecule has 0 saturated carbocycles. The van der Waals surface area contributed by atoms with Crippen molar-refractivity contribution >= 4 is 33.2 Å². The molecule has 1 aliphatic heterocycles. The fourth-order valence-corrected chi connectivity index (χ4v) is 4.00. The topological polar surface area (TPSA) is 67.8 Å². The van der Waals surface area contributed by atoms with Gasteiger partial charge in [0.25, 0.3) is 0 Å². The van der Waals surface area contributed by atoms with Gasteiger partial charge in [0.15, 0.2) is 17.5 Å². The Balaban J connectivity index is 1.57. The number of aliphatic imine (C=N–C) groups is 1. The molecule has 8 heteroatoms. The molecular formula is C18H23BrN4O2S. The number of thiazole rings is 1. The number of hydrogen-bond acceptors (Lipinski definition) is 5. The standard InChI is InChI=1S/C18H23BrN4O2S/c1-3-13-10-22-16(26-13)5-6-21-18(20-4-2)23-9-12-7-14(19)17-15(8-12)24-11-25-17/h7-8,10H,3-6,9,11H2,1-2H3,(H2,20,21,23). The van der Waals surface area contributed by atoms with Gasteiger partial charge < -0.3 is 20.1 Å². The summed E-state index contributed by atoms with van der Waals surface area (Å²) in [6, 6.07) is 3.99. The van der Waals surface area contributed by atoms with Crippen molar-refractivity contribution in [1.82, 2.24) is 15.6 Å². The first-order chi connectivity index (χ1) is 12.7. The number of nitrogens with zero attached hydrogens (tertiary/aromatic N) is 2. The highest BCUT2D eigenvalue weighted by Crippen LogP contribution is 2.40. The van der Waals surface area contributed by atoms with Crippen LogP contribution in [-0.2, 0) is 19.4 Å². The number of aromatic nitrogens is 1. The molecule has 0 saturated heterocycles. The molecule has 2 N–H and O–H groups in total. The molecule has 0 atom stereocenters. The Morgan fingerprint density at radius 2 is 2.19 bits per heavy atom. The zero-order valence-corrected chi connectivity index (χ0v) is 17.4. The first-order valence-electron chi connectivity index (χ1n) is 8.73. The number of aryl methyl sites for hydroxylation is 1. The lowest BCUT2D eigenvalue weighted by atomic mass is 10.2. The Labute approximate surface area is 166 Å². The molecule has 2 heterocycles. The Hall–Kier alpha value is -1.80. The third-order valence-corrected chi connectivity index (χ3v) is 5.62. The van der Waals surface area contributed by atoms with E-state index in [0.29, 0.717) is 6.54 Å². The lowest BCUT2D eigenvalue weighted by Crippen LogP contribution is -2.38. The van der Waals surface area contributed by atoms with Gasteiger partial charge in [0.2, 0.25) is 6.79 Å². The molecule has 0 amide bonds. The summed E-state index contributed by atoms with van der Waals surface area (Å²) < 4.78 is 11.8. The lowest BCUT2D eigenvalue weighted by molar-refractivity contribution is 0.173. The van der Waals surface area contributed by atoms with E-state index in [1.165, 1.54) is 4.88 Å². The van der Waals surface area contributed by atoms with Crippen LogP contribution in [0.1, 0.15) is 29.3 Å². The highest BCUT2D eigenvalue weighted by molar-refractivity contribution is 9.10. The molecule has 0 bridgehead atoms. The Kier molecular flexibility index (Phi) is 6.73. The van der Waals surface area contributed by atoms with Crippen LogP contribution in [-0.4, -0.2) is 30.8 Å². The van der Waals surface area contributed by atoms with Crippen molar-refractivity contribution in [1.29, 1.82) is 0 Å². The summed E-state index contributed by atoms with van der Waals surface area (Å²) in [6.45, 7) is 6.65. The van der Waals surface area contributed by atoms with E-state index in [4.69, 9.17) is 9.47 Å². The number of benzene rings is 1. The maximum Gasteiger partial charge on any atom is 0.231 e.